The number of thiophene rings is 1. The summed E-state index contributed by atoms with van der Waals surface area (Å²) in [5, 5.41) is 1.38. The molecule has 0 fully saturated rings. The molecule has 0 atom stereocenters. The molecule has 0 aliphatic carbocycles. The van der Waals surface area contributed by atoms with E-state index in [9.17, 15) is 0 Å². The molecule has 0 nitrogen and oxygen atoms in total. The SMILES string of the molecule is CCc1sc2cccc(S)c2c1CC. The molecule has 0 saturated heterocycles. The third-order valence-electron chi connectivity index (χ3n) is 2.55. The quantitative estimate of drug-likeness (QED) is 0.719. The third-order valence-corrected chi connectivity index (χ3v) is 4.26. The van der Waals surface area contributed by atoms with Gasteiger partial charge in [0, 0.05) is 19.9 Å². The van der Waals surface area contributed by atoms with Gasteiger partial charge in [0.1, 0.15) is 0 Å². The molecule has 0 aliphatic rings. The van der Waals surface area contributed by atoms with Crippen molar-refractivity contribution in [3.63, 3.8) is 0 Å². The third kappa shape index (κ3) is 1.47. The Labute approximate surface area is 94.4 Å². The van der Waals surface area contributed by atoms with Crippen molar-refractivity contribution in [1.82, 2.24) is 0 Å². The van der Waals surface area contributed by atoms with E-state index in [4.69, 9.17) is 0 Å². The summed E-state index contributed by atoms with van der Waals surface area (Å²) >= 11 is 6.45. The Morgan fingerprint density at radius 2 is 2.00 bits per heavy atom. The first-order valence-corrected chi connectivity index (χ1v) is 6.26. The van der Waals surface area contributed by atoms with Crippen molar-refractivity contribution in [2.24, 2.45) is 0 Å². The highest BCUT2D eigenvalue weighted by Gasteiger charge is 2.10. The van der Waals surface area contributed by atoms with E-state index in [1.54, 1.807) is 0 Å². The maximum Gasteiger partial charge on any atom is 0.0359 e. The van der Waals surface area contributed by atoms with E-state index in [1.807, 2.05) is 11.3 Å². The monoisotopic (exact) mass is 222 g/mol. The van der Waals surface area contributed by atoms with Crippen LogP contribution in [0.4, 0.5) is 0 Å². The van der Waals surface area contributed by atoms with Gasteiger partial charge in [-0.05, 0) is 30.5 Å². The van der Waals surface area contributed by atoms with E-state index in [0.717, 1.165) is 17.7 Å². The summed E-state index contributed by atoms with van der Waals surface area (Å²) in [7, 11) is 0. The Balaban J connectivity index is 2.81. The van der Waals surface area contributed by atoms with Crippen molar-refractivity contribution in [3.8, 4) is 0 Å². The van der Waals surface area contributed by atoms with Crippen LogP contribution in [0.5, 0.6) is 0 Å². The molecule has 1 aromatic carbocycles. The summed E-state index contributed by atoms with van der Waals surface area (Å²) in [6.07, 6.45) is 2.25. The van der Waals surface area contributed by atoms with E-state index in [0.29, 0.717) is 0 Å². The van der Waals surface area contributed by atoms with Crippen LogP contribution in [-0.2, 0) is 12.8 Å². The standard InChI is InChI=1S/C12H14S2/c1-3-8-10(4-2)14-11-7-5-6-9(13)12(8)11/h5-7,13H,3-4H2,1-2H3. The van der Waals surface area contributed by atoms with Crippen LogP contribution in [-0.4, -0.2) is 0 Å². The Morgan fingerprint density at radius 1 is 1.21 bits per heavy atom. The first-order valence-electron chi connectivity index (χ1n) is 5.00. The van der Waals surface area contributed by atoms with Gasteiger partial charge in [-0.15, -0.1) is 24.0 Å². The number of rotatable bonds is 2. The zero-order chi connectivity index (χ0) is 10.1. The van der Waals surface area contributed by atoms with Gasteiger partial charge in [0.2, 0.25) is 0 Å². The molecule has 1 aromatic heterocycles. The largest absolute Gasteiger partial charge is 0.143 e. The topological polar surface area (TPSA) is 0 Å². The Bertz CT molecular complexity index is 455. The minimum Gasteiger partial charge on any atom is -0.143 e. The van der Waals surface area contributed by atoms with Gasteiger partial charge < -0.3 is 0 Å². The molecular weight excluding hydrogens is 208 g/mol. The number of aryl methyl sites for hydroxylation is 2. The van der Waals surface area contributed by atoms with Crippen molar-refractivity contribution in [2.75, 3.05) is 0 Å². The number of thiol groups is 1. The molecule has 74 valence electrons. The molecule has 0 spiro atoms. The van der Waals surface area contributed by atoms with Crippen molar-refractivity contribution >= 4 is 34.1 Å². The van der Waals surface area contributed by atoms with Crippen LogP contribution >= 0.6 is 24.0 Å². The molecule has 0 amide bonds. The van der Waals surface area contributed by atoms with Gasteiger partial charge in [-0.1, -0.05) is 19.9 Å². The molecule has 2 rings (SSSR count). The second-order valence-corrected chi connectivity index (χ2v) is 4.98. The molecular formula is C12H14S2. The second-order valence-electron chi connectivity index (χ2n) is 3.36. The fourth-order valence-electron chi connectivity index (χ4n) is 1.90. The van der Waals surface area contributed by atoms with E-state index >= 15 is 0 Å². The van der Waals surface area contributed by atoms with Crippen LogP contribution < -0.4 is 0 Å². The average Bonchev–Trinajstić information content (AvgIpc) is 2.56. The molecule has 0 aliphatic heterocycles. The summed E-state index contributed by atoms with van der Waals surface area (Å²) < 4.78 is 1.38. The molecule has 2 heteroatoms. The summed E-state index contributed by atoms with van der Waals surface area (Å²) in [4.78, 5) is 2.64. The van der Waals surface area contributed by atoms with Gasteiger partial charge in [0.25, 0.3) is 0 Å². The summed E-state index contributed by atoms with van der Waals surface area (Å²) in [5.41, 5.74) is 1.50. The highest BCUT2D eigenvalue weighted by molar-refractivity contribution is 7.80. The van der Waals surface area contributed by atoms with Gasteiger partial charge in [-0.2, -0.15) is 0 Å². The molecule has 1 heterocycles. The lowest BCUT2D eigenvalue weighted by Gasteiger charge is -2.00. The van der Waals surface area contributed by atoms with Crippen molar-refractivity contribution < 1.29 is 0 Å². The predicted octanol–water partition coefficient (Wildman–Crippen LogP) is 4.31. The summed E-state index contributed by atoms with van der Waals surface area (Å²) in [6.45, 7) is 4.45. The molecule has 0 bridgehead atoms. The maximum atomic E-state index is 4.53. The normalized spacial score (nSPS) is 11.1. The number of hydrogen-bond donors (Lipinski definition) is 1. The maximum absolute atomic E-state index is 4.53. The zero-order valence-corrected chi connectivity index (χ0v) is 10.2. The first kappa shape index (κ1) is 10.1. The smallest absolute Gasteiger partial charge is 0.0359 e. The van der Waals surface area contributed by atoms with E-state index in [2.05, 4.69) is 44.7 Å². The van der Waals surface area contributed by atoms with Crippen LogP contribution in [0.15, 0.2) is 23.1 Å². The summed E-state index contributed by atoms with van der Waals surface area (Å²) in [6, 6.07) is 6.36. The highest BCUT2D eigenvalue weighted by atomic mass is 32.1. The lowest BCUT2D eigenvalue weighted by molar-refractivity contribution is 1.08. The van der Waals surface area contributed by atoms with Crippen LogP contribution in [0.1, 0.15) is 24.3 Å². The Hall–Kier alpha value is -0.470. The average molecular weight is 222 g/mol. The zero-order valence-electron chi connectivity index (χ0n) is 8.50. The predicted molar refractivity (Wildman–Crippen MR) is 67.8 cm³/mol. The number of benzene rings is 1. The van der Waals surface area contributed by atoms with Gasteiger partial charge >= 0.3 is 0 Å². The van der Waals surface area contributed by atoms with Gasteiger partial charge in [-0.3, -0.25) is 0 Å². The fraction of sp³-hybridized carbons (Fsp3) is 0.333. The van der Waals surface area contributed by atoms with Crippen LogP contribution in [0.2, 0.25) is 0 Å². The van der Waals surface area contributed by atoms with E-state index in [1.165, 1.54) is 20.5 Å². The van der Waals surface area contributed by atoms with Crippen molar-refractivity contribution in [1.29, 1.82) is 0 Å². The van der Waals surface area contributed by atoms with Crippen LogP contribution in [0, 0.1) is 0 Å². The number of fused-ring (bicyclic) bond motifs is 1. The summed E-state index contributed by atoms with van der Waals surface area (Å²) in [5.74, 6) is 0. The van der Waals surface area contributed by atoms with Gasteiger partial charge in [0.15, 0.2) is 0 Å². The fourth-order valence-corrected chi connectivity index (χ4v) is 3.58. The minimum atomic E-state index is 1.11. The molecule has 2 aromatic rings. The number of hydrogen-bond acceptors (Lipinski definition) is 2. The Morgan fingerprint density at radius 3 is 2.64 bits per heavy atom. The lowest BCUT2D eigenvalue weighted by atomic mass is 10.1. The van der Waals surface area contributed by atoms with Crippen LogP contribution in [0.3, 0.4) is 0 Å². The molecule has 14 heavy (non-hydrogen) atoms. The molecule has 0 radical (unpaired) electrons. The van der Waals surface area contributed by atoms with Crippen molar-refractivity contribution in [2.45, 2.75) is 31.6 Å². The minimum absolute atomic E-state index is 1.11. The van der Waals surface area contributed by atoms with Gasteiger partial charge in [-0.25, -0.2) is 0 Å². The van der Waals surface area contributed by atoms with Crippen LogP contribution in [0.25, 0.3) is 10.1 Å². The Kier molecular flexibility index (Phi) is 2.84. The lowest BCUT2D eigenvalue weighted by Crippen LogP contribution is -1.84. The highest BCUT2D eigenvalue weighted by Crippen LogP contribution is 2.35. The first-order chi connectivity index (χ1) is 6.77. The van der Waals surface area contributed by atoms with E-state index < -0.39 is 0 Å². The molecule has 0 saturated carbocycles. The van der Waals surface area contributed by atoms with Crippen molar-refractivity contribution in [3.05, 3.63) is 28.6 Å². The molecule has 0 unspecified atom stereocenters. The second kappa shape index (κ2) is 3.95. The van der Waals surface area contributed by atoms with Gasteiger partial charge in [0.05, 0.1) is 0 Å². The van der Waals surface area contributed by atoms with E-state index in [-0.39, 0.29) is 0 Å². The molecule has 0 N–H and O–H groups in total.